The van der Waals surface area contributed by atoms with E-state index in [0.29, 0.717) is 10.8 Å². The third-order valence-corrected chi connectivity index (χ3v) is 3.51. The van der Waals surface area contributed by atoms with Crippen molar-refractivity contribution in [1.82, 2.24) is 15.2 Å². The summed E-state index contributed by atoms with van der Waals surface area (Å²) in [5, 5.41) is 7.73. The van der Waals surface area contributed by atoms with Crippen LogP contribution < -0.4 is 0 Å². The van der Waals surface area contributed by atoms with Crippen molar-refractivity contribution in [2.75, 3.05) is 0 Å². The highest BCUT2D eigenvalue weighted by Gasteiger charge is 2.10. The summed E-state index contributed by atoms with van der Waals surface area (Å²) >= 11 is 9.56. The Morgan fingerprint density at radius 2 is 2.25 bits per heavy atom. The summed E-state index contributed by atoms with van der Waals surface area (Å²) in [6.45, 7) is 2.11. The van der Waals surface area contributed by atoms with Crippen LogP contribution in [0.3, 0.4) is 0 Å². The van der Waals surface area contributed by atoms with Crippen molar-refractivity contribution < 1.29 is 0 Å². The first kappa shape index (κ1) is 11.6. The zero-order chi connectivity index (χ0) is 11.5. The minimum atomic E-state index is 0.643. The molecule has 16 heavy (non-hydrogen) atoms. The van der Waals surface area contributed by atoms with Gasteiger partial charge in [0.25, 0.3) is 0 Å². The highest BCUT2D eigenvalue weighted by Crippen LogP contribution is 2.31. The van der Waals surface area contributed by atoms with Crippen LogP contribution in [0.1, 0.15) is 19.2 Å². The SMILES string of the molecule is CCCc1nc(-c2cccc(Br)c2Cl)n[nH]1. The number of hydrogen-bond donors (Lipinski definition) is 1. The summed E-state index contributed by atoms with van der Waals surface area (Å²) in [6.07, 6.45) is 1.94. The van der Waals surface area contributed by atoms with E-state index in [-0.39, 0.29) is 0 Å². The highest BCUT2D eigenvalue weighted by atomic mass is 79.9. The van der Waals surface area contributed by atoms with Crippen molar-refractivity contribution in [3.63, 3.8) is 0 Å². The molecule has 0 bridgehead atoms. The molecule has 0 fully saturated rings. The lowest BCUT2D eigenvalue weighted by Crippen LogP contribution is -1.86. The molecule has 0 aliphatic rings. The van der Waals surface area contributed by atoms with Crippen LogP contribution in [0.5, 0.6) is 0 Å². The fourth-order valence-corrected chi connectivity index (χ4v) is 2.02. The Labute approximate surface area is 107 Å². The van der Waals surface area contributed by atoms with Crippen LogP contribution in [0.4, 0.5) is 0 Å². The Hall–Kier alpha value is -0.870. The summed E-state index contributed by atoms with van der Waals surface area (Å²) in [5.41, 5.74) is 0.842. The van der Waals surface area contributed by atoms with E-state index in [4.69, 9.17) is 11.6 Å². The number of benzene rings is 1. The van der Waals surface area contributed by atoms with Crippen LogP contribution in [0.15, 0.2) is 22.7 Å². The van der Waals surface area contributed by atoms with Crippen LogP contribution >= 0.6 is 27.5 Å². The minimum absolute atomic E-state index is 0.643. The van der Waals surface area contributed by atoms with E-state index in [9.17, 15) is 0 Å². The molecule has 2 aromatic rings. The molecule has 0 aliphatic heterocycles. The normalized spacial score (nSPS) is 10.7. The number of hydrogen-bond acceptors (Lipinski definition) is 2. The number of aromatic amines is 1. The molecule has 3 nitrogen and oxygen atoms in total. The summed E-state index contributed by atoms with van der Waals surface area (Å²) in [5.74, 6) is 1.54. The molecule has 2 rings (SSSR count). The Balaban J connectivity index is 2.39. The van der Waals surface area contributed by atoms with Gasteiger partial charge in [-0.25, -0.2) is 4.98 Å². The fraction of sp³-hybridized carbons (Fsp3) is 0.273. The summed E-state index contributed by atoms with van der Waals surface area (Å²) in [4.78, 5) is 4.40. The quantitative estimate of drug-likeness (QED) is 0.935. The molecule has 1 heterocycles. The van der Waals surface area contributed by atoms with E-state index in [2.05, 4.69) is 38.0 Å². The van der Waals surface area contributed by atoms with Crippen molar-refractivity contribution in [2.24, 2.45) is 0 Å². The van der Waals surface area contributed by atoms with Gasteiger partial charge in [0.1, 0.15) is 5.82 Å². The Bertz CT molecular complexity index is 496. The van der Waals surface area contributed by atoms with Gasteiger partial charge in [-0.2, -0.15) is 5.10 Å². The Morgan fingerprint density at radius 1 is 1.44 bits per heavy atom. The molecule has 0 unspecified atom stereocenters. The lowest BCUT2D eigenvalue weighted by Gasteiger charge is -2.00. The van der Waals surface area contributed by atoms with E-state index < -0.39 is 0 Å². The van der Waals surface area contributed by atoms with Gasteiger partial charge in [0.05, 0.1) is 5.02 Å². The molecular weight excluding hydrogens is 289 g/mol. The number of nitrogens with zero attached hydrogens (tertiary/aromatic N) is 2. The number of nitrogens with one attached hydrogen (secondary N) is 1. The van der Waals surface area contributed by atoms with Gasteiger partial charge in [0.15, 0.2) is 5.82 Å². The van der Waals surface area contributed by atoms with Crippen LogP contribution in [0.25, 0.3) is 11.4 Å². The predicted octanol–water partition coefficient (Wildman–Crippen LogP) is 3.84. The summed E-state index contributed by atoms with van der Waals surface area (Å²) in [6, 6.07) is 5.72. The number of halogens is 2. The second-order valence-corrected chi connectivity index (χ2v) is 4.69. The zero-order valence-electron chi connectivity index (χ0n) is 8.80. The average molecular weight is 301 g/mol. The maximum atomic E-state index is 6.17. The van der Waals surface area contributed by atoms with Crippen molar-refractivity contribution in [3.05, 3.63) is 33.5 Å². The molecule has 0 spiro atoms. The van der Waals surface area contributed by atoms with Crippen molar-refractivity contribution in [1.29, 1.82) is 0 Å². The Kier molecular flexibility index (Phi) is 3.61. The van der Waals surface area contributed by atoms with Crippen LogP contribution in [0.2, 0.25) is 5.02 Å². The van der Waals surface area contributed by atoms with Gasteiger partial charge in [-0.15, -0.1) is 0 Å². The lowest BCUT2D eigenvalue weighted by atomic mass is 10.2. The van der Waals surface area contributed by atoms with Gasteiger partial charge >= 0.3 is 0 Å². The second-order valence-electron chi connectivity index (χ2n) is 3.46. The molecule has 0 aliphatic carbocycles. The lowest BCUT2D eigenvalue weighted by molar-refractivity contribution is 0.841. The van der Waals surface area contributed by atoms with Gasteiger partial charge in [-0.1, -0.05) is 24.6 Å². The third-order valence-electron chi connectivity index (χ3n) is 2.21. The van der Waals surface area contributed by atoms with Gasteiger partial charge in [0.2, 0.25) is 0 Å². The van der Waals surface area contributed by atoms with E-state index in [1.807, 2.05) is 18.2 Å². The molecule has 0 radical (unpaired) electrons. The first-order valence-corrected chi connectivity index (χ1v) is 6.25. The Morgan fingerprint density at radius 3 is 3.00 bits per heavy atom. The van der Waals surface area contributed by atoms with Gasteiger partial charge < -0.3 is 0 Å². The topological polar surface area (TPSA) is 41.6 Å². The van der Waals surface area contributed by atoms with Crippen molar-refractivity contribution in [3.8, 4) is 11.4 Å². The smallest absolute Gasteiger partial charge is 0.182 e. The predicted molar refractivity (Wildman–Crippen MR) is 68.5 cm³/mol. The average Bonchev–Trinajstić information content (AvgIpc) is 2.71. The van der Waals surface area contributed by atoms with Crippen LogP contribution in [0, 0.1) is 0 Å². The van der Waals surface area contributed by atoms with Crippen molar-refractivity contribution >= 4 is 27.5 Å². The second kappa shape index (κ2) is 4.97. The van der Waals surface area contributed by atoms with E-state index in [0.717, 1.165) is 28.7 Å². The molecule has 5 heteroatoms. The number of aryl methyl sites for hydroxylation is 1. The van der Waals surface area contributed by atoms with Gasteiger partial charge in [0, 0.05) is 16.5 Å². The molecule has 1 aromatic heterocycles. The minimum Gasteiger partial charge on any atom is -0.263 e. The van der Waals surface area contributed by atoms with Gasteiger partial charge in [-0.3, -0.25) is 5.10 Å². The molecule has 0 saturated heterocycles. The number of H-pyrrole nitrogens is 1. The molecule has 0 saturated carbocycles. The summed E-state index contributed by atoms with van der Waals surface area (Å²) < 4.78 is 0.855. The van der Waals surface area contributed by atoms with E-state index >= 15 is 0 Å². The fourth-order valence-electron chi connectivity index (χ4n) is 1.44. The summed E-state index contributed by atoms with van der Waals surface area (Å²) in [7, 11) is 0. The molecule has 84 valence electrons. The third kappa shape index (κ3) is 2.28. The standard InChI is InChI=1S/C11H11BrClN3/c1-2-4-9-14-11(16-15-9)7-5-3-6-8(12)10(7)13/h3,5-6H,2,4H2,1H3,(H,14,15,16). The highest BCUT2D eigenvalue weighted by molar-refractivity contribution is 9.10. The van der Waals surface area contributed by atoms with E-state index in [1.165, 1.54) is 0 Å². The monoisotopic (exact) mass is 299 g/mol. The maximum Gasteiger partial charge on any atom is 0.182 e. The molecular formula is C11H11BrClN3. The van der Waals surface area contributed by atoms with Crippen LogP contribution in [-0.4, -0.2) is 15.2 Å². The number of aromatic nitrogens is 3. The number of rotatable bonds is 3. The van der Waals surface area contributed by atoms with E-state index in [1.54, 1.807) is 0 Å². The first-order valence-electron chi connectivity index (χ1n) is 5.08. The maximum absolute atomic E-state index is 6.17. The molecule has 1 aromatic carbocycles. The molecule has 0 amide bonds. The van der Waals surface area contributed by atoms with Crippen LogP contribution in [-0.2, 0) is 6.42 Å². The largest absolute Gasteiger partial charge is 0.263 e. The zero-order valence-corrected chi connectivity index (χ0v) is 11.1. The molecule has 0 atom stereocenters. The van der Waals surface area contributed by atoms with Crippen molar-refractivity contribution in [2.45, 2.75) is 19.8 Å². The first-order chi connectivity index (χ1) is 7.72. The molecule has 1 N–H and O–H groups in total. The van der Waals surface area contributed by atoms with Gasteiger partial charge in [-0.05, 0) is 34.5 Å².